The van der Waals surface area contributed by atoms with Crippen LogP contribution in [0.15, 0.2) is 41.4 Å². The lowest BCUT2D eigenvalue weighted by Gasteiger charge is -2.22. The molecule has 23 heavy (non-hydrogen) atoms. The van der Waals surface area contributed by atoms with Gasteiger partial charge in [-0.1, -0.05) is 17.7 Å². The second-order valence-electron chi connectivity index (χ2n) is 5.47. The van der Waals surface area contributed by atoms with Gasteiger partial charge >= 0.3 is 0 Å². The van der Waals surface area contributed by atoms with Gasteiger partial charge in [0.2, 0.25) is 0 Å². The summed E-state index contributed by atoms with van der Waals surface area (Å²) in [6.07, 6.45) is 1.76. The number of hydrogen-bond donors (Lipinski definition) is 0. The number of aryl methyl sites for hydroxylation is 1. The molecule has 2 aromatic carbocycles. The Hall–Kier alpha value is -2.07. The lowest BCUT2D eigenvalue weighted by molar-refractivity contribution is 0.552. The summed E-state index contributed by atoms with van der Waals surface area (Å²) in [7, 11) is 3.81. The highest BCUT2D eigenvalue weighted by Crippen LogP contribution is 2.38. The van der Waals surface area contributed by atoms with Crippen LogP contribution in [0.25, 0.3) is 0 Å². The first kappa shape index (κ1) is 17.3. The Balaban J connectivity index is 2.43. The van der Waals surface area contributed by atoms with Crippen molar-refractivity contribution in [2.24, 2.45) is 4.99 Å². The van der Waals surface area contributed by atoms with Crippen LogP contribution in [0.2, 0.25) is 5.02 Å². The lowest BCUT2D eigenvalue weighted by Crippen LogP contribution is -2.14. The summed E-state index contributed by atoms with van der Waals surface area (Å²) in [5.74, 6) is -0.277. The van der Waals surface area contributed by atoms with Crippen molar-refractivity contribution < 1.29 is 4.39 Å². The quantitative estimate of drug-likeness (QED) is 0.555. The van der Waals surface area contributed by atoms with E-state index in [0.717, 1.165) is 23.5 Å². The highest BCUT2D eigenvalue weighted by atomic mass is 35.5. The zero-order chi connectivity index (χ0) is 17.0. The summed E-state index contributed by atoms with van der Waals surface area (Å²) in [4.78, 5) is 8.29. The van der Waals surface area contributed by atoms with Gasteiger partial charge in [0.1, 0.15) is 5.82 Å². The molecule has 0 bridgehead atoms. The Labute approximate surface area is 142 Å². The molecule has 3 nitrogen and oxygen atoms in total. The molecule has 0 amide bonds. The molecular formula is C18H21ClFN3. The molecule has 0 heterocycles. The third-order valence-corrected chi connectivity index (χ3v) is 4.02. The molecule has 0 aliphatic heterocycles. The molecule has 0 saturated heterocycles. The highest BCUT2D eigenvalue weighted by Gasteiger charge is 2.13. The van der Waals surface area contributed by atoms with E-state index in [1.807, 2.05) is 55.9 Å². The normalized spacial score (nSPS) is 11.0. The molecule has 0 fully saturated rings. The van der Waals surface area contributed by atoms with Crippen molar-refractivity contribution >= 4 is 35.0 Å². The molecule has 0 saturated carbocycles. The second-order valence-corrected chi connectivity index (χ2v) is 5.85. The minimum absolute atomic E-state index is 0.277. The van der Waals surface area contributed by atoms with Gasteiger partial charge in [0.15, 0.2) is 0 Å². The molecule has 0 aliphatic rings. The van der Waals surface area contributed by atoms with Crippen molar-refractivity contribution in [1.29, 1.82) is 0 Å². The largest absolute Gasteiger partial charge is 0.366 e. The number of rotatable bonds is 5. The van der Waals surface area contributed by atoms with Crippen molar-refractivity contribution in [3.05, 3.63) is 52.8 Å². The molecule has 0 aromatic heterocycles. The predicted octanol–water partition coefficient (Wildman–Crippen LogP) is 5.17. The minimum Gasteiger partial charge on any atom is -0.366 e. The average molecular weight is 334 g/mol. The van der Waals surface area contributed by atoms with Crippen LogP contribution < -0.4 is 4.90 Å². The van der Waals surface area contributed by atoms with Crippen LogP contribution in [-0.4, -0.2) is 31.9 Å². The van der Waals surface area contributed by atoms with Gasteiger partial charge in [-0.2, -0.15) is 0 Å². The Bertz CT molecular complexity index is 715. The van der Waals surface area contributed by atoms with Gasteiger partial charge < -0.3 is 9.80 Å². The molecule has 5 heteroatoms. The van der Waals surface area contributed by atoms with Gasteiger partial charge in [0.05, 0.1) is 22.7 Å². The number of anilines is 2. The number of hydrogen-bond acceptors (Lipinski definition) is 2. The fraction of sp³-hybridized carbons (Fsp3) is 0.278. The first-order valence-corrected chi connectivity index (χ1v) is 7.84. The first-order valence-electron chi connectivity index (χ1n) is 7.46. The second kappa shape index (κ2) is 7.47. The van der Waals surface area contributed by atoms with Crippen LogP contribution in [0.1, 0.15) is 12.5 Å². The zero-order valence-electron chi connectivity index (χ0n) is 13.8. The third kappa shape index (κ3) is 4.23. The SMILES string of the molecule is CCN(C)C=Nc1cc(C)cc(N(C)c2cccc(F)c2)c1Cl. The zero-order valence-corrected chi connectivity index (χ0v) is 14.6. The molecule has 2 rings (SSSR count). The van der Waals surface area contributed by atoms with E-state index in [-0.39, 0.29) is 5.82 Å². The fourth-order valence-electron chi connectivity index (χ4n) is 2.14. The van der Waals surface area contributed by atoms with Gasteiger partial charge in [0.25, 0.3) is 0 Å². The summed E-state index contributed by atoms with van der Waals surface area (Å²) in [5.41, 5.74) is 3.27. The van der Waals surface area contributed by atoms with Crippen LogP contribution >= 0.6 is 11.6 Å². The number of nitrogens with zero attached hydrogens (tertiary/aromatic N) is 3. The van der Waals surface area contributed by atoms with Crippen LogP contribution in [-0.2, 0) is 0 Å². The molecule has 0 unspecified atom stereocenters. The molecule has 0 atom stereocenters. The molecule has 0 radical (unpaired) electrons. The predicted molar refractivity (Wildman–Crippen MR) is 97.1 cm³/mol. The number of aliphatic imine (C=N–C) groups is 1. The van der Waals surface area contributed by atoms with E-state index in [1.54, 1.807) is 12.4 Å². The topological polar surface area (TPSA) is 18.8 Å². The van der Waals surface area contributed by atoms with E-state index in [2.05, 4.69) is 4.99 Å². The van der Waals surface area contributed by atoms with Crippen molar-refractivity contribution in [3.63, 3.8) is 0 Å². The van der Waals surface area contributed by atoms with E-state index in [0.29, 0.717) is 10.7 Å². The van der Waals surface area contributed by atoms with E-state index >= 15 is 0 Å². The van der Waals surface area contributed by atoms with E-state index in [4.69, 9.17) is 11.6 Å². The Kier molecular flexibility index (Phi) is 5.61. The van der Waals surface area contributed by atoms with Crippen LogP contribution in [0, 0.1) is 12.7 Å². The van der Waals surface area contributed by atoms with E-state index in [9.17, 15) is 4.39 Å². The summed E-state index contributed by atoms with van der Waals surface area (Å²) < 4.78 is 13.5. The van der Waals surface area contributed by atoms with Gasteiger partial charge in [-0.05, 0) is 49.7 Å². The van der Waals surface area contributed by atoms with Gasteiger partial charge in [0, 0.05) is 26.3 Å². The standard InChI is InChI=1S/C18H21ClFN3/c1-5-22(3)12-21-16-9-13(2)10-17(18(16)19)23(4)15-8-6-7-14(20)11-15/h6-12H,5H2,1-4H3. The molecular weight excluding hydrogens is 313 g/mol. The highest BCUT2D eigenvalue weighted by molar-refractivity contribution is 6.36. The minimum atomic E-state index is -0.277. The molecule has 0 aliphatic carbocycles. The molecule has 2 aromatic rings. The lowest BCUT2D eigenvalue weighted by atomic mass is 10.1. The summed E-state index contributed by atoms with van der Waals surface area (Å²) in [6, 6.07) is 10.3. The third-order valence-electron chi connectivity index (χ3n) is 3.63. The van der Waals surface area contributed by atoms with Crippen molar-refractivity contribution in [2.75, 3.05) is 25.5 Å². The van der Waals surface area contributed by atoms with E-state index < -0.39 is 0 Å². The van der Waals surface area contributed by atoms with Gasteiger partial charge in [-0.3, -0.25) is 0 Å². The monoisotopic (exact) mass is 333 g/mol. The van der Waals surface area contributed by atoms with Crippen LogP contribution in [0.5, 0.6) is 0 Å². The number of halogens is 2. The smallest absolute Gasteiger partial charge is 0.125 e. The molecule has 122 valence electrons. The Morgan fingerprint density at radius 3 is 2.61 bits per heavy atom. The van der Waals surface area contributed by atoms with Crippen molar-refractivity contribution in [2.45, 2.75) is 13.8 Å². The first-order chi connectivity index (χ1) is 10.9. The van der Waals surface area contributed by atoms with Gasteiger partial charge in [-0.15, -0.1) is 0 Å². The maximum atomic E-state index is 13.5. The van der Waals surface area contributed by atoms with Gasteiger partial charge in [-0.25, -0.2) is 9.38 Å². The Morgan fingerprint density at radius 2 is 1.96 bits per heavy atom. The Morgan fingerprint density at radius 1 is 1.22 bits per heavy atom. The maximum Gasteiger partial charge on any atom is 0.125 e. The summed E-state index contributed by atoms with van der Waals surface area (Å²) in [6.45, 7) is 4.90. The summed E-state index contributed by atoms with van der Waals surface area (Å²) in [5, 5.41) is 0.545. The molecule has 0 N–H and O–H groups in total. The maximum absolute atomic E-state index is 13.5. The fourth-order valence-corrected chi connectivity index (χ4v) is 2.42. The molecule has 0 spiro atoms. The van der Waals surface area contributed by atoms with Crippen LogP contribution in [0.4, 0.5) is 21.5 Å². The van der Waals surface area contributed by atoms with Crippen LogP contribution in [0.3, 0.4) is 0 Å². The number of benzene rings is 2. The van der Waals surface area contributed by atoms with Crippen molar-refractivity contribution in [1.82, 2.24) is 4.90 Å². The van der Waals surface area contributed by atoms with Crippen molar-refractivity contribution in [3.8, 4) is 0 Å². The van der Waals surface area contributed by atoms with E-state index in [1.165, 1.54) is 12.1 Å². The summed E-state index contributed by atoms with van der Waals surface area (Å²) >= 11 is 6.52. The average Bonchev–Trinajstić information content (AvgIpc) is 2.54.